The SMILES string of the molecule is C=C(Cc1ccc(CN2CCCc3cc(C(=O)NC(C)c4cccc(C(F)(F)F)c4)ccc32)cc1)C(N)=O. The number of nitrogens with one attached hydrogen (secondary N) is 1. The second kappa shape index (κ2) is 11.1. The standard InChI is InChI=1S/C30H30F3N3O2/c1-19(28(34)37)15-21-8-10-22(11-9-21)18-36-14-4-6-24-16-25(12-13-27(24)36)29(38)35-20(2)23-5-3-7-26(17-23)30(31,32)33/h3,5,7-13,16-17,20H,1,4,6,14-15,18H2,2H3,(H2,34,37)(H,35,38). The Morgan fingerprint density at radius 3 is 2.45 bits per heavy atom. The van der Waals surface area contributed by atoms with E-state index in [0.29, 0.717) is 29.7 Å². The molecule has 0 fully saturated rings. The highest BCUT2D eigenvalue weighted by Crippen LogP contribution is 2.32. The van der Waals surface area contributed by atoms with Crippen LogP contribution >= 0.6 is 0 Å². The third kappa shape index (κ3) is 6.43. The third-order valence-corrected chi connectivity index (χ3v) is 6.78. The molecular weight excluding hydrogens is 491 g/mol. The van der Waals surface area contributed by atoms with Gasteiger partial charge < -0.3 is 16.0 Å². The van der Waals surface area contributed by atoms with Gasteiger partial charge in [-0.1, -0.05) is 43.0 Å². The lowest BCUT2D eigenvalue weighted by Gasteiger charge is -2.32. The van der Waals surface area contributed by atoms with E-state index in [1.54, 1.807) is 19.1 Å². The predicted molar refractivity (Wildman–Crippen MR) is 142 cm³/mol. The summed E-state index contributed by atoms with van der Waals surface area (Å²) in [4.78, 5) is 26.4. The molecule has 1 unspecified atom stereocenters. The summed E-state index contributed by atoms with van der Waals surface area (Å²) in [6.07, 6.45) is -2.24. The van der Waals surface area contributed by atoms with Gasteiger partial charge >= 0.3 is 6.18 Å². The van der Waals surface area contributed by atoms with Gasteiger partial charge in [-0.25, -0.2) is 0 Å². The first-order chi connectivity index (χ1) is 18.0. The van der Waals surface area contributed by atoms with E-state index in [4.69, 9.17) is 5.73 Å². The molecule has 0 radical (unpaired) electrons. The van der Waals surface area contributed by atoms with Crippen LogP contribution in [0.25, 0.3) is 0 Å². The fourth-order valence-electron chi connectivity index (χ4n) is 4.64. The molecule has 1 heterocycles. The average molecular weight is 522 g/mol. The van der Waals surface area contributed by atoms with Crippen LogP contribution in [0.5, 0.6) is 0 Å². The third-order valence-electron chi connectivity index (χ3n) is 6.78. The highest BCUT2D eigenvalue weighted by molar-refractivity contribution is 5.95. The molecule has 5 nitrogen and oxygen atoms in total. The van der Waals surface area contributed by atoms with Gasteiger partial charge in [0.1, 0.15) is 0 Å². The zero-order valence-corrected chi connectivity index (χ0v) is 21.1. The van der Waals surface area contributed by atoms with Crippen LogP contribution in [0.2, 0.25) is 0 Å². The van der Waals surface area contributed by atoms with Crippen LogP contribution in [-0.4, -0.2) is 18.4 Å². The zero-order chi connectivity index (χ0) is 27.4. The van der Waals surface area contributed by atoms with Crippen molar-refractivity contribution in [2.45, 2.75) is 44.9 Å². The first kappa shape index (κ1) is 27.0. The summed E-state index contributed by atoms with van der Waals surface area (Å²) in [7, 11) is 0. The molecular formula is C30H30F3N3O2. The maximum atomic E-state index is 13.1. The van der Waals surface area contributed by atoms with E-state index < -0.39 is 23.7 Å². The molecule has 8 heteroatoms. The largest absolute Gasteiger partial charge is 0.416 e. The summed E-state index contributed by atoms with van der Waals surface area (Å²) in [6, 6.07) is 18.0. The molecule has 1 aliphatic heterocycles. The molecule has 3 aromatic rings. The van der Waals surface area contributed by atoms with Crippen molar-refractivity contribution in [1.82, 2.24) is 5.32 Å². The number of hydrogen-bond acceptors (Lipinski definition) is 3. The van der Waals surface area contributed by atoms with Gasteiger partial charge in [-0.15, -0.1) is 0 Å². The molecule has 1 atom stereocenters. The molecule has 0 spiro atoms. The number of aryl methyl sites for hydroxylation is 1. The van der Waals surface area contributed by atoms with Gasteiger partial charge in [0.25, 0.3) is 5.91 Å². The maximum Gasteiger partial charge on any atom is 0.416 e. The summed E-state index contributed by atoms with van der Waals surface area (Å²) in [5.74, 6) is -0.833. The van der Waals surface area contributed by atoms with Gasteiger partial charge in [0.2, 0.25) is 5.91 Å². The van der Waals surface area contributed by atoms with E-state index in [1.165, 1.54) is 6.07 Å². The number of halogens is 3. The molecule has 2 amide bonds. The Hall–Kier alpha value is -4.07. The smallest absolute Gasteiger partial charge is 0.367 e. The summed E-state index contributed by atoms with van der Waals surface area (Å²) in [6.45, 7) is 6.95. The number of nitrogens with zero attached hydrogens (tertiary/aromatic N) is 1. The van der Waals surface area contributed by atoms with Crippen LogP contribution in [0.1, 0.15) is 57.6 Å². The fraction of sp³-hybridized carbons (Fsp3) is 0.267. The quantitative estimate of drug-likeness (QED) is 0.372. The predicted octanol–water partition coefficient (Wildman–Crippen LogP) is 5.73. The van der Waals surface area contributed by atoms with Gasteiger partial charge in [0.15, 0.2) is 0 Å². The number of anilines is 1. The minimum Gasteiger partial charge on any atom is -0.367 e. The minimum atomic E-state index is -4.44. The number of hydrogen-bond donors (Lipinski definition) is 2. The monoisotopic (exact) mass is 521 g/mol. The number of alkyl halides is 3. The van der Waals surface area contributed by atoms with Crippen LogP contribution < -0.4 is 16.0 Å². The van der Waals surface area contributed by atoms with Gasteiger partial charge in [-0.2, -0.15) is 13.2 Å². The second-order valence-electron chi connectivity index (χ2n) is 9.65. The Morgan fingerprint density at radius 2 is 1.76 bits per heavy atom. The molecule has 198 valence electrons. The molecule has 0 aromatic heterocycles. The van der Waals surface area contributed by atoms with Crippen LogP contribution in [0.15, 0.2) is 78.9 Å². The molecule has 3 aromatic carbocycles. The summed E-state index contributed by atoms with van der Waals surface area (Å²) >= 11 is 0. The Labute approximate surface area is 220 Å². The number of benzene rings is 3. The lowest BCUT2D eigenvalue weighted by atomic mass is 9.97. The minimum absolute atomic E-state index is 0.331. The van der Waals surface area contributed by atoms with E-state index in [-0.39, 0.29) is 5.91 Å². The lowest BCUT2D eigenvalue weighted by Crippen LogP contribution is -2.30. The van der Waals surface area contributed by atoms with Crippen LogP contribution in [-0.2, 0) is 30.4 Å². The number of carbonyl (C=O) groups is 2. The van der Waals surface area contributed by atoms with Crippen molar-refractivity contribution < 1.29 is 22.8 Å². The van der Waals surface area contributed by atoms with E-state index in [2.05, 4.69) is 16.8 Å². The van der Waals surface area contributed by atoms with Crippen molar-refractivity contribution in [2.75, 3.05) is 11.4 Å². The van der Waals surface area contributed by atoms with Crippen LogP contribution in [0.3, 0.4) is 0 Å². The maximum absolute atomic E-state index is 13.1. The molecule has 0 saturated heterocycles. The Bertz CT molecular complexity index is 1350. The molecule has 3 N–H and O–H groups in total. The molecule has 4 rings (SSSR count). The summed E-state index contributed by atoms with van der Waals surface area (Å²) in [5.41, 5.74) is 9.97. The lowest BCUT2D eigenvalue weighted by molar-refractivity contribution is -0.137. The molecule has 1 aliphatic rings. The van der Waals surface area contributed by atoms with Crippen molar-refractivity contribution >= 4 is 17.5 Å². The topological polar surface area (TPSA) is 75.4 Å². The number of fused-ring (bicyclic) bond motifs is 1. The van der Waals surface area contributed by atoms with Crippen molar-refractivity contribution in [3.63, 3.8) is 0 Å². The highest BCUT2D eigenvalue weighted by Gasteiger charge is 2.31. The zero-order valence-electron chi connectivity index (χ0n) is 21.1. The molecule has 0 aliphatic carbocycles. The molecule has 0 bridgehead atoms. The first-order valence-corrected chi connectivity index (χ1v) is 12.4. The Balaban J connectivity index is 1.43. The van der Waals surface area contributed by atoms with Crippen molar-refractivity contribution in [3.05, 3.63) is 112 Å². The van der Waals surface area contributed by atoms with Crippen molar-refractivity contribution in [2.24, 2.45) is 5.73 Å². The van der Waals surface area contributed by atoms with Crippen LogP contribution in [0.4, 0.5) is 18.9 Å². The van der Waals surface area contributed by atoms with Gasteiger partial charge in [0.05, 0.1) is 11.6 Å². The highest BCUT2D eigenvalue weighted by atomic mass is 19.4. The van der Waals surface area contributed by atoms with Crippen molar-refractivity contribution in [3.8, 4) is 0 Å². The normalized spacial score (nSPS) is 13.9. The number of carbonyl (C=O) groups excluding carboxylic acids is 2. The average Bonchev–Trinajstić information content (AvgIpc) is 2.89. The van der Waals surface area contributed by atoms with E-state index in [0.717, 1.165) is 53.9 Å². The second-order valence-corrected chi connectivity index (χ2v) is 9.65. The van der Waals surface area contributed by atoms with E-state index in [1.807, 2.05) is 36.4 Å². The fourth-order valence-corrected chi connectivity index (χ4v) is 4.64. The van der Waals surface area contributed by atoms with E-state index >= 15 is 0 Å². The van der Waals surface area contributed by atoms with Gasteiger partial charge in [-0.05, 0) is 72.4 Å². The molecule has 0 saturated carbocycles. The number of amides is 2. The van der Waals surface area contributed by atoms with Gasteiger partial charge in [-0.3, -0.25) is 9.59 Å². The summed E-state index contributed by atoms with van der Waals surface area (Å²) in [5, 5.41) is 2.82. The summed E-state index contributed by atoms with van der Waals surface area (Å²) < 4.78 is 39.2. The number of primary amides is 1. The number of nitrogens with two attached hydrogens (primary N) is 1. The van der Waals surface area contributed by atoms with Crippen molar-refractivity contribution in [1.29, 1.82) is 0 Å². The molecule has 38 heavy (non-hydrogen) atoms. The Kier molecular flexibility index (Phi) is 7.90. The van der Waals surface area contributed by atoms with Gasteiger partial charge in [0, 0.05) is 36.3 Å². The first-order valence-electron chi connectivity index (χ1n) is 12.4. The van der Waals surface area contributed by atoms with Crippen LogP contribution in [0, 0.1) is 0 Å². The Morgan fingerprint density at radius 1 is 1.05 bits per heavy atom. The van der Waals surface area contributed by atoms with E-state index in [9.17, 15) is 22.8 Å². The number of rotatable bonds is 8.